The topological polar surface area (TPSA) is 95.1 Å². The summed E-state index contributed by atoms with van der Waals surface area (Å²) in [7, 11) is 0. The van der Waals surface area contributed by atoms with Crippen molar-refractivity contribution >= 4 is 33.5 Å². The number of anilines is 1. The Hall–Kier alpha value is -4.33. The number of nitrogen functional groups attached to an aromatic ring is 1. The highest BCUT2D eigenvalue weighted by Gasteiger charge is 2.13. The van der Waals surface area contributed by atoms with Crippen LogP contribution < -0.4 is 5.73 Å². The Kier molecular flexibility index (Phi) is 3.73. The molecular weight excluding hydrogens is 395 g/mol. The van der Waals surface area contributed by atoms with E-state index in [0.717, 1.165) is 27.9 Å². The zero-order valence-corrected chi connectivity index (χ0v) is 16.2. The lowest BCUT2D eigenvalue weighted by molar-refractivity contribution is 0.315. The number of aromatic nitrogens is 5. The minimum atomic E-state index is -0.414. The van der Waals surface area contributed by atoms with Gasteiger partial charge in [0.15, 0.2) is 0 Å². The quantitative estimate of drug-likeness (QED) is 0.465. The van der Waals surface area contributed by atoms with Crippen molar-refractivity contribution in [3.8, 4) is 11.1 Å². The van der Waals surface area contributed by atoms with Crippen molar-refractivity contribution < 1.29 is 9.02 Å². The van der Waals surface area contributed by atoms with Gasteiger partial charge in [-0.15, -0.1) is 0 Å². The van der Waals surface area contributed by atoms with E-state index in [1.807, 2.05) is 42.6 Å². The molecule has 0 bridgehead atoms. The molecule has 0 amide bonds. The summed E-state index contributed by atoms with van der Waals surface area (Å²) in [4.78, 5) is 8.93. The van der Waals surface area contributed by atoms with Crippen molar-refractivity contribution in [2.24, 2.45) is 0 Å². The molecule has 2 N–H and O–H groups in total. The number of hydrogen-bond acceptors (Lipinski definition) is 6. The first-order chi connectivity index (χ1) is 15.2. The first kappa shape index (κ1) is 17.5. The van der Waals surface area contributed by atoms with Gasteiger partial charge in [0.25, 0.3) is 0 Å². The molecule has 6 aromatic rings. The van der Waals surface area contributed by atoms with Crippen LogP contribution in [0, 0.1) is 5.82 Å². The number of nitrogens with two attached hydrogens (primary N) is 1. The van der Waals surface area contributed by atoms with Gasteiger partial charge in [-0.1, -0.05) is 36.4 Å². The van der Waals surface area contributed by atoms with Crippen LogP contribution in [0.1, 0.15) is 11.3 Å². The molecule has 0 aliphatic heterocycles. The van der Waals surface area contributed by atoms with E-state index in [1.54, 1.807) is 16.5 Å². The largest absolute Gasteiger partial charge is 0.369 e. The maximum atomic E-state index is 14.2. The molecule has 31 heavy (non-hydrogen) atoms. The second-order valence-electron chi connectivity index (χ2n) is 7.38. The normalized spacial score (nSPS) is 11.6. The van der Waals surface area contributed by atoms with Crippen LogP contribution in [0.2, 0.25) is 0 Å². The van der Waals surface area contributed by atoms with Crippen molar-refractivity contribution in [1.29, 1.82) is 0 Å². The first-order valence-corrected chi connectivity index (χ1v) is 9.69. The Labute approximate surface area is 174 Å². The van der Waals surface area contributed by atoms with E-state index in [1.165, 1.54) is 6.07 Å². The first-order valence-electron chi connectivity index (χ1n) is 9.69. The van der Waals surface area contributed by atoms with Gasteiger partial charge in [-0.25, -0.2) is 19.0 Å². The zero-order valence-electron chi connectivity index (χ0n) is 16.2. The van der Waals surface area contributed by atoms with Gasteiger partial charge in [-0.2, -0.15) is 0 Å². The predicted octanol–water partition coefficient (Wildman–Crippen LogP) is 4.40. The van der Waals surface area contributed by atoms with Crippen molar-refractivity contribution in [1.82, 2.24) is 24.7 Å². The highest BCUT2D eigenvalue weighted by atomic mass is 19.1. The SMILES string of the molecule is Nc1nc2c(F)cccc2c2nc(Cc3cccc(-c4ccc5nonc5c4)c3)cn12. The molecule has 0 aliphatic rings. The number of nitrogens with zero attached hydrogens (tertiary/aromatic N) is 5. The van der Waals surface area contributed by atoms with E-state index < -0.39 is 5.82 Å². The van der Waals surface area contributed by atoms with Crippen LogP contribution in [0.3, 0.4) is 0 Å². The fourth-order valence-electron chi connectivity index (χ4n) is 3.89. The van der Waals surface area contributed by atoms with Crippen LogP contribution in [0.4, 0.5) is 10.3 Å². The predicted molar refractivity (Wildman–Crippen MR) is 115 cm³/mol. The van der Waals surface area contributed by atoms with Gasteiger partial charge in [-0.05, 0) is 51.3 Å². The fraction of sp³-hybridized carbons (Fsp3) is 0.0435. The molecule has 0 saturated carbocycles. The summed E-state index contributed by atoms with van der Waals surface area (Å²) < 4.78 is 20.6. The second kappa shape index (κ2) is 6.60. The van der Waals surface area contributed by atoms with Crippen LogP contribution in [-0.2, 0) is 6.42 Å². The van der Waals surface area contributed by atoms with E-state index in [2.05, 4.69) is 21.4 Å². The molecule has 8 heteroatoms. The number of benzene rings is 3. The van der Waals surface area contributed by atoms with Crippen LogP contribution in [0.25, 0.3) is 38.7 Å². The summed E-state index contributed by atoms with van der Waals surface area (Å²) >= 11 is 0. The van der Waals surface area contributed by atoms with Gasteiger partial charge >= 0.3 is 0 Å². The van der Waals surface area contributed by atoms with Crippen LogP contribution in [0.5, 0.6) is 0 Å². The van der Waals surface area contributed by atoms with Gasteiger partial charge in [0, 0.05) is 18.0 Å². The summed E-state index contributed by atoms with van der Waals surface area (Å²) in [6, 6.07) is 18.8. The Bertz CT molecular complexity index is 1600. The van der Waals surface area contributed by atoms with E-state index in [4.69, 9.17) is 15.3 Å². The van der Waals surface area contributed by atoms with E-state index >= 15 is 0 Å². The number of rotatable bonds is 3. The van der Waals surface area contributed by atoms with Crippen molar-refractivity contribution in [2.75, 3.05) is 5.73 Å². The lowest BCUT2D eigenvalue weighted by Gasteiger charge is -2.04. The summed E-state index contributed by atoms with van der Waals surface area (Å²) in [5.41, 5.74) is 12.3. The monoisotopic (exact) mass is 410 g/mol. The van der Waals surface area contributed by atoms with Crippen LogP contribution >= 0.6 is 0 Å². The maximum Gasteiger partial charge on any atom is 0.206 e. The summed E-state index contributed by atoms with van der Waals surface area (Å²) in [6.07, 6.45) is 2.45. The molecule has 0 spiro atoms. The molecule has 3 aromatic heterocycles. The van der Waals surface area contributed by atoms with Crippen LogP contribution in [-0.4, -0.2) is 24.7 Å². The minimum Gasteiger partial charge on any atom is -0.369 e. The number of fused-ring (bicyclic) bond motifs is 4. The number of imidazole rings is 1. The summed E-state index contributed by atoms with van der Waals surface area (Å²) in [5.74, 6) is -0.210. The number of halogens is 1. The van der Waals surface area contributed by atoms with E-state index in [0.29, 0.717) is 23.0 Å². The zero-order chi connectivity index (χ0) is 20.9. The van der Waals surface area contributed by atoms with Gasteiger partial charge in [0.05, 0.1) is 5.69 Å². The third kappa shape index (κ3) is 2.88. The van der Waals surface area contributed by atoms with Crippen LogP contribution in [0.15, 0.2) is 71.5 Å². The van der Waals surface area contributed by atoms with E-state index in [-0.39, 0.29) is 11.5 Å². The Morgan fingerprint density at radius 2 is 1.74 bits per heavy atom. The molecule has 150 valence electrons. The molecular formula is C23H15FN6O. The maximum absolute atomic E-state index is 14.2. The minimum absolute atomic E-state index is 0.203. The summed E-state index contributed by atoms with van der Waals surface area (Å²) in [6.45, 7) is 0. The number of hydrogen-bond donors (Lipinski definition) is 1. The van der Waals surface area contributed by atoms with E-state index in [9.17, 15) is 4.39 Å². The van der Waals surface area contributed by atoms with Crippen molar-refractivity contribution in [3.63, 3.8) is 0 Å². The second-order valence-corrected chi connectivity index (χ2v) is 7.38. The highest BCUT2D eigenvalue weighted by Crippen LogP contribution is 2.26. The lowest BCUT2D eigenvalue weighted by atomic mass is 10.0. The Morgan fingerprint density at radius 1 is 0.903 bits per heavy atom. The van der Waals surface area contributed by atoms with Gasteiger partial charge in [-0.3, -0.25) is 4.40 Å². The fourth-order valence-corrected chi connectivity index (χ4v) is 3.89. The highest BCUT2D eigenvalue weighted by molar-refractivity contribution is 5.92. The molecule has 7 nitrogen and oxygen atoms in total. The van der Waals surface area contributed by atoms with Crippen molar-refractivity contribution in [3.05, 3.63) is 83.9 Å². The number of para-hydroxylation sites is 1. The molecule has 0 fully saturated rings. The third-order valence-corrected chi connectivity index (χ3v) is 5.36. The third-order valence-electron chi connectivity index (χ3n) is 5.36. The standard InChI is InChI=1S/C23H15FN6O/c24-18-6-2-5-17-21(18)27-23(25)30-12-16(26-22(17)30)10-13-3-1-4-14(9-13)15-7-8-19-20(11-15)29-31-28-19/h1-9,11-12H,10H2,(H2,25,27). The average Bonchev–Trinajstić information content (AvgIpc) is 3.42. The average molecular weight is 410 g/mol. The molecule has 3 aromatic carbocycles. The Morgan fingerprint density at radius 3 is 2.68 bits per heavy atom. The Balaban J connectivity index is 1.40. The van der Waals surface area contributed by atoms with Gasteiger partial charge < -0.3 is 5.73 Å². The molecule has 3 heterocycles. The molecule has 0 aliphatic carbocycles. The van der Waals surface area contributed by atoms with Gasteiger partial charge in [0.2, 0.25) is 5.95 Å². The molecule has 6 rings (SSSR count). The van der Waals surface area contributed by atoms with Crippen molar-refractivity contribution in [2.45, 2.75) is 6.42 Å². The smallest absolute Gasteiger partial charge is 0.206 e. The summed E-state index contributed by atoms with van der Waals surface area (Å²) in [5, 5.41) is 8.39. The lowest BCUT2D eigenvalue weighted by Crippen LogP contribution is -2.01. The molecule has 0 atom stereocenters. The van der Waals surface area contributed by atoms with Gasteiger partial charge in [0.1, 0.15) is 28.0 Å². The molecule has 0 unspecified atom stereocenters. The molecule has 0 saturated heterocycles. The molecule has 0 radical (unpaired) electrons.